The molecule has 0 aromatic carbocycles. The van der Waals surface area contributed by atoms with Crippen molar-refractivity contribution in [3.8, 4) is 0 Å². The van der Waals surface area contributed by atoms with Crippen molar-refractivity contribution in [1.29, 1.82) is 0 Å². The maximum Gasteiger partial charge on any atom is 0.496 e. The summed E-state index contributed by atoms with van der Waals surface area (Å²) >= 11 is 0. The van der Waals surface area contributed by atoms with Gasteiger partial charge in [-0.1, -0.05) is 6.07 Å². The molecule has 1 aliphatic rings. The Morgan fingerprint density at radius 3 is 2.30 bits per heavy atom. The van der Waals surface area contributed by atoms with Crippen LogP contribution >= 0.6 is 0 Å². The topological polar surface area (TPSA) is 60.5 Å². The van der Waals surface area contributed by atoms with Gasteiger partial charge < -0.3 is 14.6 Å². The van der Waals surface area contributed by atoms with Crippen LogP contribution in [0.3, 0.4) is 0 Å². The average molecular weight is 276 g/mol. The van der Waals surface area contributed by atoms with Gasteiger partial charge in [-0.05, 0) is 33.8 Å². The minimum atomic E-state index is -0.401. The molecule has 1 aromatic rings. The summed E-state index contributed by atoms with van der Waals surface area (Å²) in [6.45, 7) is 9.99. The van der Waals surface area contributed by atoms with Crippen LogP contribution < -0.4 is 10.8 Å². The van der Waals surface area contributed by atoms with E-state index in [0.717, 1.165) is 11.2 Å². The van der Waals surface area contributed by atoms with Crippen molar-refractivity contribution in [2.24, 2.45) is 0 Å². The summed E-state index contributed by atoms with van der Waals surface area (Å²) in [5, 5.41) is 2.71. The molecule has 1 amide bonds. The van der Waals surface area contributed by atoms with Crippen LogP contribution in [-0.4, -0.2) is 29.2 Å². The number of carbonyl (C=O) groups excluding carboxylic acids is 1. The van der Waals surface area contributed by atoms with Gasteiger partial charge in [-0.15, -0.1) is 0 Å². The first-order valence-corrected chi connectivity index (χ1v) is 6.76. The lowest BCUT2D eigenvalue weighted by Gasteiger charge is -2.32. The molecule has 1 aliphatic heterocycles. The summed E-state index contributed by atoms with van der Waals surface area (Å²) in [7, 11) is -0.401. The summed E-state index contributed by atoms with van der Waals surface area (Å²) in [5.41, 5.74) is 0.981. The molecule has 108 valence electrons. The molecule has 1 aromatic heterocycles. The zero-order valence-electron chi connectivity index (χ0n) is 12.7. The van der Waals surface area contributed by atoms with Crippen molar-refractivity contribution in [3.05, 3.63) is 24.0 Å². The lowest BCUT2D eigenvalue weighted by molar-refractivity contribution is -0.119. The van der Waals surface area contributed by atoms with E-state index in [2.05, 4.69) is 10.3 Å². The molecule has 0 saturated carbocycles. The van der Waals surface area contributed by atoms with Gasteiger partial charge in [0.1, 0.15) is 0 Å². The van der Waals surface area contributed by atoms with Crippen molar-refractivity contribution < 1.29 is 14.1 Å². The molecule has 0 unspecified atom stereocenters. The molecule has 1 fully saturated rings. The van der Waals surface area contributed by atoms with E-state index in [9.17, 15) is 4.79 Å². The number of nitrogens with zero attached hydrogens (tertiary/aromatic N) is 1. The van der Waals surface area contributed by atoms with Gasteiger partial charge in [-0.2, -0.15) is 0 Å². The third-order valence-corrected chi connectivity index (χ3v) is 3.89. The minimum absolute atomic E-state index is 0.0677. The lowest BCUT2D eigenvalue weighted by Crippen LogP contribution is -2.41. The van der Waals surface area contributed by atoms with Crippen LogP contribution in [0.25, 0.3) is 0 Å². The predicted molar refractivity (Wildman–Crippen MR) is 77.5 cm³/mol. The molecule has 0 bridgehead atoms. The minimum Gasteiger partial charge on any atom is -0.399 e. The third-order valence-electron chi connectivity index (χ3n) is 3.89. The molecule has 0 aliphatic carbocycles. The Bertz CT molecular complexity index is 484. The quantitative estimate of drug-likeness (QED) is 0.837. The predicted octanol–water partition coefficient (Wildman–Crippen LogP) is 1.02. The fourth-order valence-corrected chi connectivity index (χ4v) is 1.87. The Morgan fingerprint density at radius 2 is 1.85 bits per heavy atom. The first kappa shape index (κ1) is 15.0. The van der Waals surface area contributed by atoms with Crippen LogP contribution in [-0.2, 0) is 20.6 Å². The molecule has 5 nitrogen and oxygen atoms in total. The number of aromatic nitrogens is 1. The van der Waals surface area contributed by atoms with Gasteiger partial charge in [0.15, 0.2) is 0 Å². The highest BCUT2D eigenvalue weighted by Crippen LogP contribution is 2.36. The normalized spacial score (nSPS) is 19.9. The van der Waals surface area contributed by atoms with Gasteiger partial charge in [0.2, 0.25) is 5.91 Å². The lowest BCUT2D eigenvalue weighted by atomic mass is 9.80. The second-order valence-corrected chi connectivity index (χ2v) is 6.08. The fourth-order valence-electron chi connectivity index (χ4n) is 1.87. The van der Waals surface area contributed by atoms with E-state index in [1.165, 1.54) is 6.92 Å². The van der Waals surface area contributed by atoms with E-state index < -0.39 is 7.12 Å². The monoisotopic (exact) mass is 276 g/mol. The molecule has 2 rings (SSSR count). The molecule has 6 heteroatoms. The first-order chi connectivity index (χ1) is 9.21. The molecule has 20 heavy (non-hydrogen) atoms. The number of pyridine rings is 1. The number of hydrogen-bond donors (Lipinski definition) is 1. The summed E-state index contributed by atoms with van der Waals surface area (Å²) < 4.78 is 11.9. The molecule has 0 atom stereocenters. The van der Waals surface area contributed by atoms with Crippen molar-refractivity contribution in [2.45, 2.75) is 52.4 Å². The van der Waals surface area contributed by atoms with Gasteiger partial charge in [0, 0.05) is 18.6 Å². The van der Waals surface area contributed by atoms with Crippen molar-refractivity contribution >= 4 is 18.5 Å². The van der Waals surface area contributed by atoms with Crippen molar-refractivity contribution in [3.63, 3.8) is 0 Å². The average Bonchev–Trinajstić information content (AvgIpc) is 2.56. The van der Waals surface area contributed by atoms with Crippen LogP contribution in [0.5, 0.6) is 0 Å². The first-order valence-electron chi connectivity index (χ1n) is 6.76. The third kappa shape index (κ3) is 3.02. The number of amides is 1. The standard InChI is InChI=1S/C14H21BN2O3/c1-10(18)16-9-12-7-6-11(8-17-12)15-19-13(2,3)14(4,5)20-15/h6-8H,9H2,1-5H3,(H,16,18). The van der Waals surface area contributed by atoms with Crippen LogP contribution in [0.15, 0.2) is 18.3 Å². The van der Waals surface area contributed by atoms with E-state index in [1.807, 2.05) is 39.8 Å². The molecule has 0 radical (unpaired) electrons. The van der Waals surface area contributed by atoms with Gasteiger partial charge in [0.25, 0.3) is 0 Å². The van der Waals surface area contributed by atoms with Crippen molar-refractivity contribution in [1.82, 2.24) is 10.3 Å². The maximum absolute atomic E-state index is 10.9. The summed E-state index contributed by atoms with van der Waals surface area (Å²) in [5.74, 6) is -0.0677. The molecule has 0 spiro atoms. The van der Waals surface area contributed by atoms with E-state index in [4.69, 9.17) is 9.31 Å². The van der Waals surface area contributed by atoms with Crippen LogP contribution in [0.4, 0.5) is 0 Å². The largest absolute Gasteiger partial charge is 0.496 e. The molecule has 1 saturated heterocycles. The summed E-state index contributed by atoms with van der Waals surface area (Å²) in [6, 6.07) is 3.79. The van der Waals surface area contributed by atoms with Crippen LogP contribution in [0.1, 0.15) is 40.3 Å². The van der Waals surface area contributed by atoms with Crippen molar-refractivity contribution in [2.75, 3.05) is 0 Å². The SMILES string of the molecule is CC(=O)NCc1ccc(B2OC(C)(C)C(C)(C)O2)cn1. The van der Waals surface area contributed by atoms with E-state index in [-0.39, 0.29) is 17.1 Å². The van der Waals surface area contributed by atoms with Crippen LogP contribution in [0.2, 0.25) is 0 Å². The van der Waals surface area contributed by atoms with E-state index in [0.29, 0.717) is 6.54 Å². The number of nitrogens with one attached hydrogen (secondary N) is 1. The van der Waals surface area contributed by atoms with E-state index in [1.54, 1.807) is 6.20 Å². The number of carbonyl (C=O) groups is 1. The molecular weight excluding hydrogens is 255 g/mol. The fraction of sp³-hybridized carbons (Fsp3) is 0.571. The molecule has 1 N–H and O–H groups in total. The van der Waals surface area contributed by atoms with E-state index >= 15 is 0 Å². The second kappa shape index (κ2) is 5.18. The zero-order chi connectivity index (χ0) is 15.0. The summed E-state index contributed by atoms with van der Waals surface area (Å²) in [6.07, 6.45) is 1.74. The molecular formula is C14H21BN2O3. The Hall–Kier alpha value is -1.40. The highest BCUT2D eigenvalue weighted by Gasteiger charge is 2.51. The molecule has 2 heterocycles. The second-order valence-electron chi connectivity index (χ2n) is 6.08. The van der Waals surface area contributed by atoms with Gasteiger partial charge in [-0.25, -0.2) is 0 Å². The highest BCUT2D eigenvalue weighted by molar-refractivity contribution is 6.62. The Kier molecular flexibility index (Phi) is 3.89. The number of hydrogen-bond acceptors (Lipinski definition) is 4. The van der Waals surface area contributed by atoms with Gasteiger partial charge in [-0.3, -0.25) is 9.78 Å². The Morgan fingerprint density at radius 1 is 1.25 bits per heavy atom. The highest BCUT2D eigenvalue weighted by atomic mass is 16.7. The Balaban J connectivity index is 2.06. The summed E-state index contributed by atoms with van der Waals surface area (Å²) in [4.78, 5) is 15.2. The van der Waals surface area contributed by atoms with Gasteiger partial charge in [0.05, 0.1) is 23.4 Å². The Labute approximate surface area is 120 Å². The smallest absolute Gasteiger partial charge is 0.399 e. The zero-order valence-corrected chi connectivity index (χ0v) is 12.7. The van der Waals surface area contributed by atoms with Gasteiger partial charge >= 0.3 is 7.12 Å². The maximum atomic E-state index is 10.9. The number of rotatable bonds is 3. The van der Waals surface area contributed by atoms with Crippen LogP contribution in [0, 0.1) is 0 Å².